The van der Waals surface area contributed by atoms with Crippen LogP contribution in [0.4, 0.5) is 4.79 Å². The van der Waals surface area contributed by atoms with Gasteiger partial charge in [0, 0.05) is 30.9 Å². The molecule has 1 fully saturated rings. The molecule has 0 unspecified atom stereocenters. The number of carbonyl (C=O) groups excluding carboxylic acids is 1. The molecule has 5 nitrogen and oxygen atoms in total. The number of carbonyl (C=O) groups is 1. The molecule has 2 heterocycles. The van der Waals surface area contributed by atoms with Gasteiger partial charge in [0.2, 0.25) is 5.88 Å². The van der Waals surface area contributed by atoms with E-state index in [-0.39, 0.29) is 12.7 Å². The highest BCUT2D eigenvalue weighted by atomic mass is 16.6. The molecule has 1 amide bonds. The summed E-state index contributed by atoms with van der Waals surface area (Å²) in [5, 5.41) is 0. The summed E-state index contributed by atoms with van der Waals surface area (Å²) in [6.45, 7) is 1.82. The van der Waals surface area contributed by atoms with E-state index >= 15 is 0 Å². The number of ether oxygens (including phenoxy) is 2. The van der Waals surface area contributed by atoms with E-state index in [4.69, 9.17) is 9.47 Å². The highest BCUT2D eigenvalue weighted by Crippen LogP contribution is 2.19. The van der Waals surface area contributed by atoms with Crippen LogP contribution in [0.2, 0.25) is 0 Å². The Morgan fingerprint density at radius 2 is 1.83 bits per heavy atom. The highest BCUT2D eigenvalue weighted by Gasteiger charge is 2.17. The zero-order chi connectivity index (χ0) is 15.9. The van der Waals surface area contributed by atoms with E-state index in [1.165, 1.54) is 6.42 Å². The number of hydrogen-bond donors (Lipinski definition) is 0. The number of likely N-dealkylation sites (tertiary alicyclic amines) is 1. The maximum absolute atomic E-state index is 11.9. The normalized spacial score (nSPS) is 14.3. The molecule has 120 valence electrons. The second-order valence-corrected chi connectivity index (χ2v) is 5.52. The van der Waals surface area contributed by atoms with Crippen molar-refractivity contribution in [2.45, 2.75) is 25.9 Å². The third-order valence-electron chi connectivity index (χ3n) is 3.74. The summed E-state index contributed by atoms with van der Waals surface area (Å²) in [6.07, 6.45) is 4.73. The lowest BCUT2D eigenvalue weighted by Crippen LogP contribution is -2.35. The zero-order valence-electron chi connectivity index (χ0n) is 13.0. The second-order valence-electron chi connectivity index (χ2n) is 5.52. The molecule has 1 aromatic heterocycles. The van der Waals surface area contributed by atoms with Crippen LogP contribution in [0.1, 0.15) is 24.8 Å². The predicted octanol–water partition coefficient (Wildman–Crippen LogP) is 4.00. The fourth-order valence-corrected chi connectivity index (χ4v) is 2.48. The number of para-hydroxylation sites is 1. The Kier molecular flexibility index (Phi) is 5.09. The Balaban J connectivity index is 1.50. The molecule has 0 atom stereocenters. The average Bonchev–Trinajstić information content (AvgIpc) is 2.62. The topological polar surface area (TPSA) is 51.7 Å². The van der Waals surface area contributed by atoms with E-state index in [0.29, 0.717) is 5.88 Å². The Bertz CT molecular complexity index is 622. The van der Waals surface area contributed by atoms with Gasteiger partial charge in [-0.2, -0.15) is 0 Å². The number of hydrogen-bond acceptors (Lipinski definition) is 4. The number of nitrogens with zero attached hydrogens (tertiary/aromatic N) is 2. The fraction of sp³-hybridized carbons (Fsp3) is 0.333. The molecule has 5 heteroatoms. The lowest BCUT2D eigenvalue weighted by atomic mass is 10.1. The minimum Gasteiger partial charge on any atom is -0.444 e. The number of amides is 1. The molecular formula is C18H20N2O3. The SMILES string of the molecule is O=C(OCc1ccc(Oc2ccccc2)nc1)N1CCCCC1. The van der Waals surface area contributed by atoms with Crippen LogP contribution in [0.3, 0.4) is 0 Å². The monoisotopic (exact) mass is 312 g/mol. The minimum absolute atomic E-state index is 0.230. The summed E-state index contributed by atoms with van der Waals surface area (Å²) >= 11 is 0. The number of aromatic nitrogens is 1. The van der Waals surface area contributed by atoms with Crippen LogP contribution in [-0.2, 0) is 11.3 Å². The van der Waals surface area contributed by atoms with Crippen molar-refractivity contribution in [2.24, 2.45) is 0 Å². The van der Waals surface area contributed by atoms with Gasteiger partial charge in [-0.05, 0) is 37.5 Å². The van der Waals surface area contributed by atoms with Gasteiger partial charge in [0.05, 0.1) is 0 Å². The third kappa shape index (κ3) is 4.45. The van der Waals surface area contributed by atoms with Crippen LogP contribution >= 0.6 is 0 Å². The van der Waals surface area contributed by atoms with Crippen molar-refractivity contribution in [2.75, 3.05) is 13.1 Å². The van der Waals surface area contributed by atoms with E-state index < -0.39 is 0 Å². The fourth-order valence-electron chi connectivity index (χ4n) is 2.48. The number of piperidine rings is 1. The molecule has 0 N–H and O–H groups in total. The third-order valence-corrected chi connectivity index (χ3v) is 3.74. The van der Waals surface area contributed by atoms with Gasteiger partial charge in [0.1, 0.15) is 12.4 Å². The Hall–Kier alpha value is -2.56. The molecule has 1 aromatic carbocycles. The van der Waals surface area contributed by atoms with Crippen LogP contribution in [0.5, 0.6) is 11.6 Å². The maximum Gasteiger partial charge on any atom is 0.410 e. The first kappa shape index (κ1) is 15.3. The van der Waals surface area contributed by atoms with E-state index in [1.54, 1.807) is 17.2 Å². The number of pyridine rings is 1. The number of benzene rings is 1. The van der Waals surface area contributed by atoms with Crippen molar-refractivity contribution in [3.63, 3.8) is 0 Å². The van der Waals surface area contributed by atoms with Gasteiger partial charge < -0.3 is 14.4 Å². The Morgan fingerprint density at radius 3 is 2.52 bits per heavy atom. The molecule has 0 radical (unpaired) electrons. The lowest BCUT2D eigenvalue weighted by molar-refractivity contribution is 0.0894. The summed E-state index contributed by atoms with van der Waals surface area (Å²) in [5.41, 5.74) is 0.843. The van der Waals surface area contributed by atoms with Gasteiger partial charge in [-0.25, -0.2) is 9.78 Å². The molecule has 1 aliphatic rings. The first-order valence-corrected chi connectivity index (χ1v) is 7.91. The van der Waals surface area contributed by atoms with E-state index in [9.17, 15) is 4.79 Å². The van der Waals surface area contributed by atoms with Crippen LogP contribution in [0.15, 0.2) is 48.7 Å². The van der Waals surface area contributed by atoms with E-state index in [2.05, 4.69) is 4.98 Å². The van der Waals surface area contributed by atoms with Gasteiger partial charge in [-0.1, -0.05) is 18.2 Å². The minimum atomic E-state index is -0.241. The van der Waals surface area contributed by atoms with Crippen molar-refractivity contribution < 1.29 is 14.3 Å². The first-order valence-electron chi connectivity index (χ1n) is 7.91. The molecule has 0 spiro atoms. The number of rotatable bonds is 4. The van der Waals surface area contributed by atoms with E-state index in [1.807, 2.05) is 36.4 Å². The van der Waals surface area contributed by atoms with Crippen molar-refractivity contribution in [3.8, 4) is 11.6 Å². The molecule has 0 bridgehead atoms. The van der Waals surface area contributed by atoms with Crippen molar-refractivity contribution >= 4 is 6.09 Å². The molecular weight excluding hydrogens is 292 g/mol. The average molecular weight is 312 g/mol. The molecule has 3 rings (SSSR count). The summed E-state index contributed by atoms with van der Waals surface area (Å²) in [5.74, 6) is 1.26. The van der Waals surface area contributed by atoms with Crippen LogP contribution in [-0.4, -0.2) is 29.1 Å². The van der Waals surface area contributed by atoms with Gasteiger partial charge in [-0.3, -0.25) is 0 Å². The first-order chi connectivity index (χ1) is 11.3. The molecule has 23 heavy (non-hydrogen) atoms. The summed E-state index contributed by atoms with van der Waals surface area (Å²) in [4.78, 5) is 17.9. The quantitative estimate of drug-likeness (QED) is 0.856. The summed E-state index contributed by atoms with van der Waals surface area (Å²) in [7, 11) is 0. The van der Waals surface area contributed by atoms with Gasteiger partial charge in [0.25, 0.3) is 0 Å². The molecule has 1 saturated heterocycles. The van der Waals surface area contributed by atoms with Gasteiger partial charge in [-0.15, -0.1) is 0 Å². The van der Waals surface area contributed by atoms with Crippen molar-refractivity contribution in [1.29, 1.82) is 0 Å². The lowest BCUT2D eigenvalue weighted by Gasteiger charge is -2.25. The maximum atomic E-state index is 11.9. The summed E-state index contributed by atoms with van der Waals surface area (Å²) in [6, 6.07) is 13.1. The van der Waals surface area contributed by atoms with Crippen molar-refractivity contribution in [1.82, 2.24) is 9.88 Å². The van der Waals surface area contributed by atoms with Crippen molar-refractivity contribution in [3.05, 3.63) is 54.2 Å². The molecule has 0 aliphatic carbocycles. The second kappa shape index (κ2) is 7.63. The van der Waals surface area contributed by atoms with Crippen LogP contribution < -0.4 is 4.74 Å². The highest BCUT2D eigenvalue weighted by molar-refractivity contribution is 5.67. The van der Waals surface area contributed by atoms with Gasteiger partial charge in [0.15, 0.2) is 0 Å². The molecule has 0 saturated carbocycles. The standard InChI is InChI=1S/C18H20N2O3/c21-18(20-11-5-2-6-12-20)22-14-15-9-10-17(19-13-15)23-16-7-3-1-4-8-16/h1,3-4,7-10,13H,2,5-6,11-12,14H2. The summed E-state index contributed by atoms with van der Waals surface area (Å²) < 4.78 is 11.0. The largest absolute Gasteiger partial charge is 0.444 e. The van der Waals surface area contributed by atoms with Crippen LogP contribution in [0, 0.1) is 0 Å². The zero-order valence-corrected chi connectivity index (χ0v) is 13.0. The Morgan fingerprint density at radius 1 is 1.04 bits per heavy atom. The predicted molar refractivity (Wildman–Crippen MR) is 86.4 cm³/mol. The van der Waals surface area contributed by atoms with Gasteiger partial charge >= 0.3 is 6.09 Å². The van der Waals surface area contributed by atoms with Crippen LogP contribution in [0.25, 0.3) is 0 Å². The van der Waals surface area contributed by atoms with E-state index in [0.717, 1.165) is 37.2 Å². The molecule has 2 aromatic rings. The smallest absolute Gasteiger partial charge is 0.410 e. The molecule has 1 aliphatic heterocycles. The Labute approximate surface area is 135 Å².